The second-order valence-corrected chi connectivity index (χ2v) is 2.01. The van der Waals surface area contributed by atoms with Crippen LogP contribution < -0.4 is 5.32 Å². The van der Waals surface area contributed by atoms with Crippen LogP contribution in [-0.4, -0.2) is 24.6 Å². The Hall–Kier alpha value is -1.45. The molecule has 1 heterocycles. The number of esters is 1. The first-order valence-electron chi connectivity index (χ1n) is 3.27. The van der Waals surface area contributed by atoms with Gasteiger partial charge in [0.1, 0.15) is 12.4 Å². The zero-order valence-electron chi connectivity index (χ0n) is 6.26. The highest BCUT2D eigenvalue weighted by molar-refractivity contribution is 5.74. The van der Waals surface area contributed by atoms with Gasteiger partial charge in [0.2, 0.25) is 0 Å². The molecule has 4 nitrogen and oxygen atoms in total. The number of aromatic amines is 1. The second-order valence-electron chi connectivity index (χ2n) is 2.01. The highest BCUT2D eigenvalue weighted by Crippen LogP contribution is 1.99. The van der Waals surface area contributed by atoms with Gasteiger partial charge in [0, 0.05) is 6.20 Å². The number of hydrogen-bond donors (Lipinski definition) is 2. The van der Waals surface area contributed by atoms with Gasteiger partial charge in [0.25, 0.3) is 0 Å². The van der Waals surface area contributed by atoms with Crippen LogP contribution in [0.3, 0.4) is 0 Å². The van der Waals surface area contributed by atoms with E-state index in [0.717, 1.165) is 5.82 Å². The van der Waals surface area contributed by atoms with E-state index >= 15 is 0 Å². The molecule has 2 N–H and O–H groups in total. The molecular formula is C7H10N2O2. The van der Waals surface area contributed by atoms with Crippen molar-refractivity contribution < 1.29 is 9.53 Å². The Balaban J connectivity index is 2.29. The van der Waals surface area contributed by atoms with Crippen LogP contribution >= 0.6 is 0 Å². The zero-order chi connectivity index (χ0) is 8.10. The van der Waals surface area contributed by atoms with Gasteiger partial charge in [0.15, 0.2) is 0 Å². The standard InChI is InChI=1S/C7H10N2O2/c1-11-7(10)5-9-6-3-2-4-8-6/h2-4,8-9H,5H2,1H3. The molecule has 0 saturated heterocycles. The van der Waals surface area contributed by atoms with Crippen LogP contribution in [-0.2, 0) is 9.53 Å². The van der Waals surface area contributed by atoms with Crippen molar-refractivity contribution in [1.29, 1.82) is 0 Å². The minimum absolute atomic E-state index is 0.191. The third-order valence-electron chi connectivity index (χ3n) is 1.25. The number of carbonyl (C=O) groups excluding carboxylic acids is 1. The molecule has 1 rings (SSSR count). The molecule has 0 saturated carbocycles. The predicted octanol–water partition coefficient (Wildman–Crippen LogP) is 0.600. The van der Waals surface area contributed by atoms with Crippen LogP contribution in [0, 0.1) is 0 Å². The molecule has 0 aromatic carbocycles. The lowest BCUT2D eigenvalue weighted by atomic mass is 10.5. The van der Waals surface area contributed by atoms with Crippen LogP contribution in [0.2, 0.25) is 0 Å². The maximum Gasteiger partial charge on any atom is 0.325 e. The molecule has 0 spiro atoms. The highest BCUT2D eigenvalue weighted by atomic mass is 16.5. The van der Waals surface area contributed by atoms with E-state index in [1.807, 2.05) is 12.1 Å². The first-order chi connectivity index (χ1) is 5.33. The Labute approximate surface area is 64.6 Å². The summed E-state index contributed by atoms with van der Waals surface area (Å²) in [6.45, 7) is 0.191. The van der Waals surface area contributed by atoms with Gasteiger partial charge in [0.05, 0.1) is 7.11 Å². The van der Waals surface area contributed by atoms with Crippen LogP contribution in [0.5, 0.6) is 0 Å². The topological polar surface area (TPSA) is 54.1 Å². The van der Waals surface area contributed by atoms with Gasteiger partial charge in [-0.2, -0.15) is 0 Å². The van der Waals surface area contributed by atoms with E-state index in [4.69, 9.17) is 0 Å². The molecule has 0 aliphatic carbocycles. The number of nitrogens with one attached hydrogen (secondary N) is 2. The number of carbonyl (C=O) groups is 1. The minimum Gasteiger partial charge on any atom is -0.468 e. The fraction of sp³-hybridized carbons (Fsp3) is 0.286. The predicted molar refractivity (Wildman–Crippen MR) is 41.3 cm³/mol. The summed E-state index contributed by atoms with van der Waals surface area (Å²) in [5.41, 5.74) is 0. The molecule has 1 aromatic heterocycles. The van der Waals surface area contributed by atoms with Crippen LogP contribution in [0.15, 0.2) is 18.3 Å². The first-order valence-corrected chi connectivity index (χ1v) is 3.27. The van der Waals surface area contributed by atoms with Crippen LogP contribution in [0.25, 0.3) is 0 Å². The van der Waals surface area contributed by atoms with Crippen molar-refractivity contribution in [3.8, 4) is 0 Å². The maximum atomic E-state index is 10.6. The lowest BCUT2D eigenvalue weighted by Gasteiger charge is -2.00. The molecule has 0 radical (unpaired) electrons. The average Bonchev–Trinajstić information content (AvgIpc) is 2.52. The lowest BCUT2D eigenvalue weighted by molar-refractivity contribution is -0.138. The van der Waals surface area contributed by atoms with Crippen molar-refractivity contribution in [1.82, 2.24) is 4.98 Å². The molecule has 0 fully saturated rings. The number of ether oxygens (including phenoxy) is 1. The SMILES string of the molecule is COC(=O)CNc1ccc[nH]1. The van der Waals surface area contributed by atoms with E-state index in [1.54, 1.807) is 6.20 Å². The summed E-state index contributed by atoms with van der Waals surface area (Å²) in [6.07, 6.45) is 1.78. The summed E-state index contributed by atoms with van der Waals surface area (Å²) < 4.78 is 4.43. The molecule has 1 aromatic rings. The quantitative estimate of drug-likeness (QED) is 0.627. The lowest BCUT2D eigenvalue weighted by Crippen LogP contribution is -2.14. The third-order valence-corrected chi connectivity index (χ3v) is 1.25. The highest BCUT2D eigenvalue weighted by Gasteiger charge is 1.98. The van der Waals surface area contributed by atoms with Crippen LogP contribution in [0.1, 0.15) is 0 Å². The molecule has 0 bridgehead atoms. The van der Waals surface area contributed by atoms with Crippen molar-refractivity contribution in [3.05, 3.63) is 18.3 Å². The second kappa shape index (κ2) is 3.65. The Morgan fingerprint density at radius 3 is 3.18 bits per heavy atom. The first kappa shape index (κ1) is 7.65. The number of aromatic nitrogens is 1. The summed E-state index contributed by atoms with van der Waals surface area (Å²) >= 11 is 0. The van der Waals surface area contributed by atoms with Gasteiger partial charge in [-0.25, -0.2) is 0 Å². The molecule has 0 atom stereocenters. The Bertz CT molecular complexity index is 218. The fourth-order valence-corrected chi connectivity index (χ4v) is 0.680. The average molecular weight is 154 g/mol. The van der Waals surface area contributed by atoms with Crippen LogP contribution in [0.4, 0.5) is 5.82 Å². The van der Waals surface area contributed by atoms with Crippen molar-refractivity contribution in [2.75, 3.05) is 19.0 Å². The molecule has 4 heteroatoms. The van der Waals surface area contributed by atoms with E-state index in [2.05, 4.69) is 15.0 Å². The summed E-state index contributed by atoms with van der Waals surface area (Å²) in [5.74, 6) is 0.537. The summed E-state index contributed by atoms with van der Waals surface area (Å²) in [4.78, 5) is 13.5. The van der Waals surface area contributed by atoms with E-state index in [-0.39, 0.29) is 12.5 Å². The maximum absolute atomic E-state index is 10.6. The Morgan fingerprint density at radius 2 is 2.64 bits per heavy atom. The van der Waals surface area contributed by atoms with Gasteiger partial charge < -0.3 is 15.0 Å². The van der Waals surface area contributed by atoms with Crippen molar-refractivity contribution >= 4 is 11.8 Å². The number of methoxy groups -OCH3 is 1. The van der Waals surface area contributed by atoms with Crippen molar-refractivity contribution in [2.45, 2.75) is 0 Å². The Kier molecular flexibility index (Phi) is 2.54. The van der Waals surface area contributed by atoms with Gasteiger partial charge in [-0.1, -0.05) is 0 Å². The summed E-state index contributed by atoms with van der Waals surface area (Å²) in [7, 11) is 1.36. The number of H-pyrrole nitrogens is 1. The summed E-state index contributed by atoms with van der Waals surface area (Å²) in [6, 6.07) is 3.68. The number of anilines is 1. The number of hydrogen-bond acceptors (Lipinski definition) is 3. The monoisotopic (exact) mass is 154 g/mol. The molecule has 0 aliphatic rings. The van der Waals surface area contributed by atoms with Gasteiger partial charge in [-0.15, -0.1) is 0 Å². The Morgan fingerprint density at radius 1 is 1.82 bits per heavy atom. The van der Waals surface area contributed by atoms with Gasteiger partial charge in [-0.05, 0) is 12.1 Å². The van der Waals surface area contributed by atoms with Gasteiger partial charge >= 0.3 is 5.97 Å². The molecule has 11 heavy (non-hydrogen) atoms. The minimum atomic E-state index is -0.278. The molecule has 0 aliphatic heterocycles. The zero-order valence-corrected chi connectivity index (χ0v) is 6.26. The third kappa shape index (κ3) is 2.33. The fourth-order valence-electron chi connectivity index (χ4n) is 0.680. The van der Waals surface area contributed by atoms with Gasteiger partial charge in [-0.3, -0.25) is 4.79 Å². The van der Waals surface area contributed by atoms with E-state index in [1.165, 1.54) is 7.11 Å². The van der Waals surface area contributed by atoms with E-state index in [9.17, 15) is 4.79 Å². The largest absolute Gasteiger partial charge is 0.468 e. The molecule has 0 unspecified atom stereocenters. The van der Waals surface area contributed by atoms with Crippen molar-refractivity contribution in [3.63, 3.8) is 0 Å². The molecular weight excluding hydrogens is 144 g/mol. The molecule has 60 valence electrons. The van der Waals surface area contributed by atoms with E-state index in [0.29, 0.717) is 0 Å². The summed E-state index contributed by atoms with van der Waals surface area (Å²) in [5, 5.41) is 2.85. The van der Waals surface area contributed by atoms with Crippen molar-refractivity contribution in [2.24, 2.45) is 0 Å². The normalized spacial score (nSPS) is 9.18. The van der Waals surface area contributed by atoms with E-state index < -0.39 is 0 Å². The molecule has 0 amide bonds. The number of rotatable bonds is 3. The smallest absolute Gasteiger partial charge is 0.325 e.